The molecular weight excluding hydrogens is 356 g/mol. The highest BCUT2D eigenvalue weighted by molar-refractivity contribution is 9.11. The summed E-state index contributed by atoms with van der Waals surface area (Å²) in [5.41, 5.74) is 0. The maximum absolute atomic E-state index is 12.2. The molecule has 2 unspecified atom stereocenters. The van der Waals surface area contributed by atoms with Crippen LogP contribution in [0.4, 0.5) is 0 Å². The number of carbonyl (C=O) groups excluding carboxylic acids is 2. The second kappa shape index (κ2) is 6.89. The number of carbonyl (C=O) groups is 2. The van der Waals surface area contributed by atoms with E-state index < -0.39 is 6.10 Å². The first-order chi connectivity index (χ1) is 9.88. The van der Waals surface area contributed by atoms with Crippen LogP contribution in [0, 0.1) is 5.92 Å². The Morgan fingerprint density at radius 2 is 2.24 bits per heavy atom. The van der Waals surface area contributed by atoms with Crippen LogP contribution in [0.5, 0.6) is 0 Å². The second-order valence-corrected chi connectivity index (χ2v) is 7.90. The molecule has 0 spiro atoms. The molecule has 0 radical (unpaired) electrons. The lowest BCUT2D eigenvalue weighted by atomic mass is 9.96. The molecule has 1 fully saturated rings. The molecule has 2 rings (SSSR count). The fraction of sp³-hybridized carbons (Fsp3) is 0.571. The van der Waals surface area contributed by atoms with Gasteiger partial charge < -0.3 is 14.9 Å². The van der Waals surface area contributed by atoms with E-state index in [1.54, 1.807) is 18.0 Å². The van der Waals surface area contributed by atoms with E-state index in [4.69, 9.17) is 0 Å². The maximum Gasteiger partial charge on any atom is 0.264 e. The lowest BCUT2D eigenvalue weighted by molar-refractivity contribution is -0.135. The fourth-order valence-corrected chi connectivity index (χ4v) is 3.65. The zero-order chi connectivity index (χ0) is 15.6. The number of aliphatic hydroxyl groups excluding tert-OH is 1. The van der Waals surface area contributed by atoms with E-state index in [2.05, 4.69) is 15.9 Å². The Morgan fingerprint density at radius 3 is 2.81 bits per heavy atom. The zero-order valence-electron chi connectivity index (χ0n) is 12.1. The monoisotopic (exact) mass is 374 g/mol. The minimum atomic E-state index is -0.475. The Hall–Kier alpha value is -0.920. The highest BCUT2D eigenvalue weighted by Gasteiger charge is 2.28. The predicted molar refractivity (Wildman–Crippen MR) is 85.3 cm³/mol. The van der Waals surface area contributed by atoms with Crippen molar-refractivity contribution >= 4 is 39.1 Å². The normalized spacial score (nSPS) is 22.2. The molecule has 0 aromatic carbocycles. The summed E-state index contributed by atoms with van der Waals surface area (Å²) in [7, 11) is 1.62. The van der Waals surface area contributed by atoms with Crippen molar-refractivity contribution in [1.29, 1.82) is 0 Å². The standard InChI is InChI=1S/C14H19BrN2O3S/c1-9-5-6-17(7-10(9)18)13(19)8-16(2)14(20)11-3-4-12(15)21-11/h3-4,9-10,18H,5-8H2,1-2H3. The maximum atomic E-state index is 12.2. The van der Waals surface area contributed by atoms with Gasteiger partial charge in [-0.2, -0.15) is 0 Å². The van der Waals surface area contributed by atoms with Crippen LogP contribution < -0.4 is 0 Å². The van der Waals surface area contributed by atoms with Crippen LogP contribution in [0.1, 0.15) is 23.0 Å². The van der Waals surface area contributed by atoms with Crippen molar-refractivity contribution in [2.75, 3.05) is 26.7 Å². The van der Waals surface area contributed by atoms with Gasteiger partial charge in [0, 0.05) is 20.1 Å². The van der Waals surface area contributed by atoms with E-state index in [1.807, 2.05) is 13.0 Å². The molecule has 1 aromatic rings. The molecule has 7 heteroatoms. The van der Waals surface area contributed by atoms with Crippen LogP contribution in [-0.4, -0.2) is 59.5 Å². The number of aliphatic hydroxyl groups is 1. The number of nitrogens with zero attached hydrogens (tertiary/aromatic N) is 2. The number of amides is 2. The lowest BCUT2D eigenvalue weighted by Gasteiger charge is -2.35. The van der Waals surface area contributed by atoms with Crippen molar-refractivity contribution in [3.63, 3.8) is 0 Å². The van der Waals surface area contributed by atoms with Crippen LogP contribution in [-0.2, 0) is 4.79 Å². The fourth-order valence-electron chi connectivity index (χ4n) is 2.27. The molecule has 21 heavy (non-hydrogen) atoms. The molecule has 2 amide bonds. The van der Waals surface area contributed by atoms with Crippen LogP contribution >= 0.6 is 27.3 Å². The summed E-state index contributed by atoms with van der Waals surface area (Å²) >= 11 is 4.67. The van der Waals surface area contributed by atoms with Gasteiger partial charge in [-0.1, -0.05) is 6.92 Å². The number of likely N-dealkylation sites (tertiary alicyclic amines) is 1. The molecule has 1 aromatic heterocycles. The van der Waals surface area contributed by atoms with Crippen molar-refractivity contribution in [2.45, 2.75) is 19.4 Å². The molecule has 1 aliphatic rings. The van der Waals surface area contributed by atoms with Crippen molar-refractivity contribution in [1.82, 2.24) is 9.80 Å². The quantitative estimate of drug-likeness (QED) is 0.877. The number of rotatable bonds is 3. The topological polar surface area (TPSA) is 60.9 Å². The molecule has 0 aliphatic carbocycles. The molecule has 0 saturated carbocycles. The largest absolute Gasteiger partial charge is 0.391 e. The third-order valence-corrected chi connectivity index (χ3v) is 5.39. The van der Waals surface area contributed by atoms with Gasteiger partial charge in [0.05, 0.1) is 21.3 Å². The SMILES string of the molecule is CC1CCN(C(=O)CN(C)C(=O)c2ccc(Br)s2)CC1O. The summed E-state index contributed by atoms with van der Waals surface area (Å²) in [4.78, 5) is 28.1. The van der Waals surface area contributed by atoms with Gasteiger partial charge in [-0.15, -0.1) is 11.3 Å². The first kappa shape index (κ1) is 16.5. The van der Waals surface area contributed by atoms with Gasteiger partial charge in [-0.3, -0.25) is 9.59 Å². The second-order valence-electron chi connectivity index (χ2n) is 5.44. The van der Waals surface area contributed by atoms with Crippen molar-refractivity contribution < 1.29 is 14.7 Å². The molecule has 5 nitrogen and oxygen atoms in total. The summed E-state index contributed by atoms with van der Waals surface area (Å²) in [5, 5.41) is 9.84. The van der Waals surface area contributed by atoms with Crippen molar-refractivity contribution in [3.05, 3.63) is 20.8 Å². The minimum Gasteiger partial charge on any atom is -0.391 e. The number of thiophene rings is 1. The van der Waals surface area contributed by atoms with Crippen LogP contribution in [0.15, 0.2) is 15.9 Å². The van der Waals surface area contributed by atoms with Crippen LogP contribution in [0.2, 0.25) is 0 Å². The Bertz CT molecular complexity index is 534. The number of likely N-dealkylation sites (N-methyl/N-ethyl adjacent to an activating group) is 1. The smallest absolute Gasteiger partial charge is 0.264 e. The molecule has 2 heterocycles. The Kier molecular flexibility index (Phi) is 5.40. The highest BCUT2D eigenvalue weighted by Crippen LogP contribution is 2.23. The van der Waals surface area contributed by atoms with E-state index >= 15 is 0 Å². The summed E-state index contributed by atoms with van der Waals surface area (Å²) in [6.07, 6.45) is 0.319. The van der Waals surface area contributed by atoms with Gasteiger partial charge in [-0.05, 0) is 40.4 Å². The Labute approximate surface area is 136 Å². The van der Waals surface area contributed by atoms with Crippen molar-refractivity contribution in [3.8, 4) is 0 Å². The zero-order valence-corrected chi connectivity index (χ0v) is 14.5. The van der Waals surface area contributed by atoms with Gasteiger partial charge in [0.1, 0.15) is 0 Å². The minimum absolute atomic E-state index is 0.0372. The Balaban J connectivity index is 1.91. The molecule has 2 atom stereocenters. The van der Waals surface area contributed by atoms with E-state index in [0.29, 0.717) is 18.0 Å². The van der Waals surface area contributed by atoms with Gasteiger partial charge in [0.25, 0.3) is 5.91 Å². The summed E-state index contributed by atoms with van der Waals surface area (Å²) < 4.78 is 0.888. The predicted octanol–water partition coefficient (Wildman–Crippen LogP) is 1.81. The van der Waals surface area contributed by atoms with E-state index in [1.165, 1.54) is 16.2 Å². The molecule has 1 saturated heterocycles. The number of hydrogen-bond acceptors (Lipinski definition) is 4. The molecule has 1 N–H and O–H groups in total. The molecular formula is C14H19BrN2O3S. The van der Waals surface area contributed by atoms with E-state index in [9.17, 15) is 14.7 Å². The van der Waals surface area contributed by atoms with Crippen LogP contribution in [0.25, 0.3) is 0 Å². The molecule has 1 aliphatic heterocycles. The summed E-state index contributed by atoms with van der Waals surface area (Å²) in [6.45, 7) is 3.02. The number of β-amino-alcohol motifs (C(OH)–C–C–N with tert-alkyl or cyclic N) is 1. The lowest BCUT2D eigenvalue weighted by Crippen LogP contribution is -2.49. The average Bonchev–Trinajstić information content (AvgIpc) is 2.87. The number of piperidine rings is 1. The number of hydrogen-bond donors (Lipinski definition) is 1. The molecule has 116 valence electrons. The van der Waals surface area contributed by atoms with Crippen LogP contribution in [0.3, 0.4) is 0 Å². The third-order valence-electron chi connectivity index (χ3n) is 3.77. The van der Waals surface area contributed by atoms with Gasteiger partial charge in [0.2, 0.25) is 5.91 Å². The van der Waals surface area contributed by atoms with Gasteiger partial charge in [-0.25, -0.2) is 0 Å². The van der Waals surface area contributed by atoms with Crippen molar-refractivity contribution in [2.24, 2.45) is 5.92 Å². The molecule has 0 bridgehead atoms. The first-order valence-electron chi connectivity index (χ1n) is 6.85. The van der Waals surface area contributed by atoms with Gasteiger partial charge in [0.15, 0.2) is 0 Å². The summed E-state index contributed by atoms with van der Waals surface area (Å²) in [6, 6.07) is 3.56. The summed E-state index contributed by atoms with van der Waals surface area (Å²) in [5.74, 6) is -0.0609. The highest BCUT2D eigenvalue weighted by atomic mass is 79.9. The van der Waals surface area contributed by atoms with E-state index in [0.717, 1.165) is 10.2 Å². The first-order valence-corrected chi connectivity index (χ1v) is 8.46. The van der Waals surface area contributed by atoms with E-state index in [-0.39, 0.29) is 24.3 Å². The third kappa shape index (κ3) is 4.05. The number of halogens is 1. The average molecular weight is 375 g/mol. The Morgan fingerprint density at radius 1 is 1.52 bits per heavy atom. The van der Waals surface area contributed by atoms with Gasteiger partial charge >= 0.3 is 0 Å².